The molecule has 0 fully saturated rings. The molecule has 0 aliphatic carbocycles. The van der Waals surface area contributed by atoms with Crippen molar-refractivity contribution in [1.82, 2.24) is 25.1 Å². The molecule has 2 aromatic rings. The van der Waals surface area contributed by atoms with Crippen molar-refractivity contribution in [3.8, 4) is 17.5 Å². The largest absolute Gasteiger partial charge is 0.337 e. The van der Waals surface area contributed by atoms with Gasteiger partial charge in [-0.2, -0.15) is 5.26 Å². The molecule has 1 atom stereocenters. The van der Waals surface area contributed by atoms with E-state index in [-0.39, 0.29) is 17.6 Å². The minimum absolute atomic E-state index is 0.0176. The Hall–Kier alpha value is -2.40. The van der Waals surface area contributed by atoms with Crippen molar-refractivity contribution in [1.29, 1.82) is 5.26 Å². The molecule has 0 radical (unpaired) electrons. The maximum absolute atomic E-state index is 12.2. The second-order valence-electron chi connectivity index (χ2n) is 6.09. The minimum Gasteiger partial charge on any atom is -0.337 e. The van der Waals surface area contributed by atoms with Gasteiger partial charge in [-0.25, -0.2) is 0 Å². The smallest absolute Gasteiger partial charge is 0.231 e. The second-order valence-corrected chi connectivity index (χ2v) is 7.03. The van der Waals surface area contributed by atoms with E-state index >= 15 is 0 Å². The summed E-state index contributed by atoms with van der Waals surface area (Å²) in [5.74, 6) is 0.748. The highest BCUT2D eigenvalue weighted by Gasteiger charge is 2.30. The van der Waals surface area contributed by atoms with Crippen LogP contribution in [0.5, 0.6) is 0 Å². The van der Waals surface area contributed by atoms with Crippen LogP contribution in [0, 0.1) is 17.2 Å². The van der Waals surface area contributed by atoms with Crippen LogP contribution in [0.2, 0.25) is 0 Å². The van der Waals surface area contributed by atoms with Gasteiger partial charge in [-0.15, -0.1) is 10.2 Å². The van der Waals surface area contributed by atoms with Gasteiger partial charge in [0.05, 0.1) is 11.8 Å². The molecule has 8 heteroatoms. The Bertz CT molecular complexity index is 767. The molecule has 1 N–H and O–H groups in total. The molecule has 25 heavy (non-hydrogen) atoms. The summed E-state index contributed by atoms with van der Waals surface area (Å²) in [4.78, 5) is 16.2. The van der Waals surface area contributed by atoms with E-state index in [0.29, 0.717) is 11.7 Å². The van der Waals surface area contributed by atoms with E-state index in [9.17, 15) is 10.1 Å². The molecule has 1 amide bonds. The zero-order chi connectivity index (χ0) is 18.4. The van der Waals surface area contributed by atoms with Crippen LogP contribution in [-0.4, -0.2) is 36.9 Å². The first-order valence-corrected chi connectivity index (χ1v) is 9.08. The summed E-state index contributed by atoms with van der Waals surface area (Å²) in [6.45, 7) is 8.24. The highest BCUT2D eigenvalue weighted by Crippen LogP contribution is 2.24. The normalized spacial score (nSPS) is 13.3. The van der Waals surface area contributed by atoms with Crippen LogP contribution in [0.1, 0.15) is 27.7 Å². The van der Waals surface area contributed by atoms with Crippen molar-refractivity contribution in [3.63, 3.8) is 0 Å². The Labute approximate surface area is 151 Å². The van der Waals surface area contributed by atoms with E-state index in [4.69, 9.17) is 0 Å². The van der Waals surface area contributed by atoms with Crippen LogP contribution < -0.4 is 5.32 Å². The molecule has 0 spiro atoms. The predicted octanol–water partition coefficient (Wildman–Crippen LogP) is 2.51. The molecule has 0 saturated heterocycles. The first-order valence-electron chi connectivity index (χ1n) is 8.10. The Kier molecular flexibility index (Phi) is 6.15. The fourth-order valence-electron chi connectivity index (χ4n) is 2.15. The molecule has 132 valence electrons. The van der Waals surface area contributed by atoms with Crippen molar-refractivity contribution in [2.45, 2.75) is 44.9 Å². The molecule has 0 aliphatic rings. The summed E-state index contributed by atoms with van der Waals surface area (Å²) < 4.78 is 1.96. The molecule has 7 nitrogen and oxygen atoms in total. The zero-order valence-electron chi connectivity index (χ0n) is 14.9. The summed E-state index contributed by atoms with van der Waals surface area (Å²) in [7, 11) is 0. The summed E-state index contributed by atoms with van der Waals surface area (Å²) in [5, 5.41) is 21.2. The number of pyridine rings is 1. The lowest BCUT2D eigenvalue weighted by molar-refractivity contribution is -0.120. The lowest BCUT2D eigenvalue weighted by Crippen LogP contribution is -2.49. The third-order valence-corrected chi connectivity index (χ3v) is 5.06. The standard InChI is InChI=1S/C17H22N6OS/c1-5-23-15(13-6-8-19-9-7-13)21-22-16(23)25-10-14(24)20-17(4,11-18)12(2)3/h6-9,12H,5,10H2,1-4H3,(H,20,24)/t17-/m1/s1. The maximum Gasteiger partial charge on any atom is 0.231 e. The topological polar surface area (TPSA) is 96.5 Å². The number of hydrogen-bond acceptors (Lipinski definition) is 6. The number of rotatable bonds is 7. The average Bonchev–Trinajstić information content (AvgIpc) is 3.03. The fourth-order valence-corrected chi connectivity index (χ4v) is 2.95. The molecule has 2 rings (SSSR count). The van der Waals surface area contributed by atoms with Crippen molar-refractivity contribution in [2.75, 3.05) is 5.75 Å². The predicted molar refractivity (Wildman–Crippen MR) is 96.6 cm³/mol. The summed E-state index contributed by atoms with van der Waals surface area (Å²) in [6.07, 6.45) is 3.41. The summed E-state index contributed by atoms with van der Waals surface area (Å²) in [6, 6.07) is 5.92. The quantitative estimate of drug-likeness (QED) is 0.764. The number of nitrogens with one attached hydrogen (secondary N) is 1. The van der Waals surface area contributed by atoms with Gasteiger partial charge in [0.1, 0.15) is 5.54 Å². The lowest BCUT2D eigenvalue weighted by atomic mass is 9.90. The molecular weight excluding hydrogens is 336 g/mol. The molecule has 0 aromatic carbocycles. The molecule has 0 aliphatic heterocycles. The van der Waals surface area contributed by atoms with Crippen LogP contribution in [0.15, 0.2) is 29.7 Å². The van der Waals surface area contributed by atoms with Gasteiger partial charge in [-0.05, 0) is 31.9 Å². The number of amides is 1. The van der Waals surface area contributed by atoms with Crippen LogP contribution >= 0.6 is 11.8 Å². The number of nitrogens with zero attached hydrogens (tertiary/aromatic N) is 5. The van der Waals surface area contributed by atoms with Gasteiger partial charge in [-0.1, -0.05) is 25.6 Å². The van der Waals surface area contributed by atoms with Crippen LogP contribution in [0.3, 0.4) is 0 Å². The molecule has 0 unspecified atom stereocenters. The summed E-state index contributed by atoms with van der Waals surface area (Å²) >= 11 is 1.31. The lowest BCUT2D eigenvalue weighted by Gasteiger charge is -2.27. The number of hydrogen-bond donors (Lipinski definition) is 1. The SMILES string of the molecule is CCn1c(SCC(=O)N[C@](C)(C#N)C(C)C)nnc1-c1ccncc1. The van der Waals surface area contributed by atoms with Crippen molar-refractivity contribution in [3.05, 3.63) is 24.5 Å². The highest BCUT2D eigenvalue weighted by atomic mass is 32.2. The Morgan fingerprint density at radius 2 is 2.08 bits per heavy atom. The molecule has 0 bridgehead atoms. The maximum atomic E-state index is 12.2. The molecule has 2 heterocycles. The van der Waals surface area contributed by atoms with Gasteiger partial charge in [0.25, 0.3) is 0 Å². The number of thioether (sulfide) groups is 1. The first-order chi connectivity index (χ1) is 11.9. The Morgan fingerprint density at radius 1 is 1.40 bits per heavy atom. The van der Waals surface area contributed by atoms with E-state index in [2.05, 4.69) is 26.6 Å². The molecule has 2 aromatic heterocycles. The zero-order valence-corrected chi connectivity index (χ0v) is 15.7. The van der Waals surface area contributed by atoms with Crippen molar-refractivity contribution >= 4 is 17.7 Å². The minimum atomic E-state index is -0.877. The van der Waals surface area contributed by atoms with Crippen LogP contribution in [0.4, 0.5) is 0 Å². The van der Waals surface area contributed by atoms with E-state index < -0.39 is 5.54 Å². The third-order valence-electron chi connectivity index (χ3n) is 4.09. The second kappa shape index (κ2) is 8.12. The number of carbonyl (C=O) groups is 1. The fraction of sp³-hybridized carbons (Fsp3) is 0.471. The van der Waals surface area contributed by atoms with Gasteiger partial charge >= 0.3 is 0 Å². The van der Waals surface area contributed by atoms with Gasteiger partial charge in [0.15, 0.2) is 11.0 Å². The van der Waals surface area contributed by atoms with Gasteiger partial charge < -0.3 is 9.88 Å². The summed E-state index contributed by atoms with van der Waals surface area (Å²) in [5.41, 5.74) is 0.0515. The number of aromatic nitrogens is 4. The number of nitriles is 1. The van der Waals surface area contributed by atoms with Crippen molar-refractivity contribution < 1.29 is 4.79 Å². The first kappa shape index (κ1) is 18.9. The van der Waals surface area contributed by atoms with E-state index in [1.54, 1.807) is 19.3 Å². The highest BCUT2D eigenvalue weighted by molar-refractivity contribution is 7.99. The van der Waals surface area contributed by atoms with Gasteiger partial charge in [-0.3, -0.25) is 9.78 Å². The van der Waals surface area contributed by atoms with E-state index in [1.807, 2.05) is 37.5 Å². The van der Waals surface area contributed by atoms with Crippen LogP contribution in [0.25, 0.3) is 11.4 Å². The van der Waals surface area contributed by atoms with Gasteiger partial charge in [0, 0.05) is 24.5 Å². The van der Waals surface area contributed by atoms with E-state index in [0.717, 1.165) is 11.4 Å². The Morgan fingerprint density at radius 3 is 2.64 bits per heavy atom. The average molecular weight is 358 g/mol. The monoisotopic (exact) mass is 358 g/mol. The van der Waals surface area contributed by atoms with Crippen LogP contribution in [-0.2, 0) is 11.3 Å². The third kappa shape index (κ3) is 4.37. The van der Waals surface area contributed by atoms with E-state index in [1.165, 1.54) is 11.8 Å². The number of carbonyl (C=O) groups excluding carboxylic acids is 1. The van der Waals surface area contributed by atoms with Gasteiger partial charge in [0.2, 0.25) is 5.91 Å². The van der Waals surface area contributed by atoms with Crippen molar-refractivity contribution in [2.24, 2.45) is 5.92 Å². The Balaban J connectivity index is 2.08. The molecular formula is C17H22N6OS. The molecule has 0 saturated carbocycles.